The zero-order chi connectivity index (χ0) is 21.8. The van der Waals surface area contributed by atoms with Gasteiger partial charge in [-0.05, 0) is 24.3 Å². The Bertz CT molecular complexity index is 1060. The van der Waals surface area contributed by atoms with Crippen LogP contribution in [0.1, 0.15) is 16.2 Å². The molecule has 0 spiro atoms. The number of esters is 1. The van der Waals surface area contributed by atoms with Gasteiger partial charge in [-0.15, -0.1) is 10.2 Å². The van der Waals surface area contributed by atoms with Crippen LogP contribution < -0.4 is 14.2 Å². The smallest absolute Gasteiger partial charge is 0.340 e. The van der Waals surface area contributed by atoms with E-state index in [4.69, 9.17) is 35.0 Å². The van der Waals surface area contributed by atoms with Gasteiger partial charge in [-0.2, -0.15) is 0 Å². The molecule has 0 amide bonds. The number of ether oxygens (including phenoxy) is 4. The molecule has 0 aliphatic rings. The summed E-state index contributed by atoms with van der Waals surface area (Å²) in [5.74, 6) is -2.17. The first-order valence-corrected chi connectivity index (χ1v) is 8.70. The predicted octanol–water partition coefficient (Wildman–Crippen LogP) is 4.05. The first-order chi connectivity index (χ1) is 14.4. The molecule has 3 rings (SSSR count). The predicted molar refractivity (Wildman–Crippen MR) is 99.9 cm³/mol. The quantitative estimate of drug-likeness (QED) is 0.401. The van der Waals surface area contributed by atoms with Crippen LogP contribution >= 0.6 is 11.6 Å². The molecule has 0 atom stereocenters. The van der Waals surface area contributed by atoms with Gasteiger partial charge in [-0.25, -0.2) is 13.6 Å². The number of hydrogen-bond donors (Lipinski definition) is 0. The lowest BCUT2D eigenvalue weighted by Crippen LogP contribution is -2.07. The molecule has 0 aliphatic heterocycles. The molecule has 0 saturated carbocycles. The molecule has 0 N–H and O–H groups in total. The molecular formula is C19H15ClF2N2O6. The molecule has 0 fully saturated rings. The second-order valence-electron chi connectivity index (χ2n) is 5.74. The summed E-state index contributed by atoms with van der Waals surface area (Å²) in [6, 6.07) is 4.54. The number of carbonyl (C=O) groups is 1. The van der Waals surface area contributed by atoms with Gasteiger partial charge in [-0.3, -0.25) is 0 Å². The van der Waals surface area contributed by atoms with Crippen LogP contribution in [0, 0.1) is 11.6 Å². The van der Waals surface area contributed by atoms with E-state index in [1.165, 1.54) is 21.3 Å². The van der Waals surface area contributed by atoms with Crippen molar-refractivity contribution in [2.75, 3.05) is 21.3 Å². The average molecular weight is 441 g/mol. The lowest BCUT2D eigenvalue weighted by molar-refractivity contribution is 0.0438. The Morgan fingerprint density at radius 1 is 1.00 bits per heavy atom. The number of methoxy groups -OCH3 is 3. The number of rotatable bonds is 7. The Morgan fingerprint density at radius 3 is 2.23 bits per heavy atom. The molecule has 158 valence electrons. The maximum atomic E-state index is 13.3. The summed E-state index contributed by atoms with van der Waals surface area (Å²) in [6.45, 7) is -0.411. The van der Waals surface area contributed by atoms with Crippen molar-refractivity contribution in [3.8, 4) is 28.7 Å². The molecule has 8 nitrogen and oxygen atoms in total. The Hall–Kier alpha value is -3.40. The van der Waals surface area contributed by atoms with Crippen molar-refractivity contribution in [2.24, 2.45) is 0 Å². The first kappa shape index (κ1) is 21.3. The van der Waals surface area contributed by atoms with E-state index in [0.29, 0.717) is 34.9 Å². The van der Waals surface area contributed by atoms with Crippen LogP contribution in [0.4, 0.5) is 8.78 Å². The molecule has 1 heterocycles. The standard InChI is InChI=1S/C19H15ClF2N2O6/c1-26-14-4-9(5-15(27-2)17(14)28-3)18-24-23-16(30-18)8-29-19(25)10-6-12(21)13(22)7-11(10)20/h4-7H,8H2,1-3H3. The third kappa shape index (κ3) is 4.28. The van der Waals surface area contributed by atoms with Gasteiger partial charge in [0.25, 0.3) is 5.89 Å². The fourth-order valence-electron chi connectivity index (χ4n) is 2.52. The molecule has 1 aromatic heterocycles. The lowest BCUT2D eigenvalue weighted by atomic mass is 10.2. The summed E-state index contributed by atoms with van der Waals surface area (Å²) in [6.07, 6.45) is 0. The first-order valence-electron chi connectivity index (χ1n) is 8.32. The highest BCUT2D eigenvalue weighted by atomic mass is 35.5. The van der Waals surface area contributed by atoms with Crippen molar-refractivity contribution in [3.63, 3.8) is 0 Å². The second kappa shape index (κ2) is 8.95. The van der Waals surface area contributed by atoms with E-state index in [1.54, 1.807) is 12.1 Å². The number of nitrogens with zero attached hydrogens (tertiary/aromatic N) is 2. The molecule has 0 aliphatic carbocycles. The van der Waals surface area contributed by atoms with Gasteiger partial charge in [0.1, 0.15) is 0 Å². The zero-order valence-electron chi connectivity index (χ0n) is 16.0. The van der Waals surface area contributed by atoms with Crippen molar-refractivity contribution >= 4 is 17.6 Å². The number of benzene rings is 2. The van der Waals surface area contributed by atoms with Crippen LogP contribution in [0.25, 0.3) is 11.5 Å². The largest absolute Gasteiger partial charge is 0.493 e. The molecule has 0 bridgehead atoms. The van der Waals surface area contributed by atoms with Gasteiger partial charge in [-0.1, -0.05) is 11.6 Å². The number of aromatic nitrogens is 2. The van der Waals surface area contributed by atoms with Gasteiger partial charge in [0.15, 0.2) is 29.7 Å². The normalized spacial score (nSPS) is 10.6. The fraction of sp³-hybridized carbons (Fsp3) is 0.211. The Balaban J connectivity index is 1.77. The van der Waals surface area contributed by atoms with Gasteiger partial charge >= 0.3 is 5.97 Å². The minimum Gasteiger partial charge on any atom is -0.493 e. The van der Waals surface area contributed by atoms with E-state index >= 15 is 0 Å². The zero-order valence-corrected chi connectivity index (χ0v) is 16.8. The van der Waals surface area contributed by atoms with Gasteiger partial charge < -0.3 is 23.4 Å². The Kier molecular flexibility index (Phi) is 6.36. The van der Waals surface area contributed by atoms with Crippen LogP contribution in [-0.4, -0.2) is 37.5 Å². The highest BCUT2D eigenvalue weighted by molar-refractivity contribution is 6.33. The molecule has 0 unspecified atom stereocenters. The van der Waals surface area contributed by atoms with E-state index in [9.17, 15) is 13.6 Å². The Morgan fingerprint density at radius 2 is 1.63 bits per heavy atom. The van der Waals surface area contributed by atoms with E-state index in [1.807, 2.05) is 0 Å². The van der Waals surface area contributed by atoms with Crippen LogP contribution in [0.2, 0.25) is 5.02 Å². The van der Waals surface area contributed by atoms with Crippen molar-refractivity contribution in [3.05, 3.63) is 52.4 Å². The van der Waals surface area contributed by atoms with E-state index in [2.05, 4.69) is 10.2 Å². The maximum Gasteiger partial charge on any atom is 0.340 e. The van der Waals surface area contributed by atoms with Crippen molar-refractivity contribution in [1.82, 2.24) is 10.2 Å². The Labute approximate surface area is 174 Å². The molecular weight excluding hydrogens is 426 g/mol. The molecule has 2 aromatic carbocycles. The molecule has 0 radical (unpaired) electrons. The monoisotopic (exact) mass is 440 g/mol. The highest BCUT2D eigenvalue weighted by Gasteiger charge is 2.20. The van der Waals surface area contributed by atoms with Crippen molar-refractivity contribution in [2.45, 2.75) is 6.61 Å². The molecule has 11 heteroatoms. The molecule has 3 aromatic rings. The molecule has 30 heavy (non-hydrogen) atoms. The average Bonchev–Trinajstić information content (AvgIpc) is 3.22. The summed E-state index contributed by atoms with van der Waals surface area (Å²) in [4.78, 5) is 12.1. The SMILES string of the molecule is COc1cc(-c2nnc(COC(=O)c3cc(F)c(F)cc3Cl)o2)cc(OC)c1OC. The summed E-state index contributed by atoms with van der Waals surface area (Å²) in [7, 11) is 4.39. The minimum absolute atomic E-state index is 0.0363. The van der Waals surface area contributed by atoms with Crippen LogP contribution in [0.15, 0.2) is 28.7 Å². The summed E-state index contributed by atoms with van der Waals surface area (Å²) >= 11 is 5.75. The van der Waals surface area contributed by atoms with Crippen LogP contribution in [0.3, 0.4) is 0 Å². The topological polar surface area (TPSA) is 92.9 Å². The fourth-order valence-corrected chi connectivity index (χ4v) is 2.74. The van der Waals surface area contributed by atoms with Crippen LogP contribution in [0.5, 0.6) is 17.2 Å². The lowest BCUT2D eigenvalue weighted by Gasteiger charge is -2.12. The van der Waals surface area contributed by atoms with Gasteiger partial charge in [0.05, 0.1) is 31.9 Å². The maximum absolute atomic E-state index is 13.3. The van der Waals surface area contributed by atoms with Gasteiger partial charge in [0.2, 0.25) is 11.6 Å². The third-order valence-corrected chi connectivity index (χ3v) is 4.25. The minimum atomic E-state index is -1.23. The van der Waals surface area contributed by atoms with Gasteiger partial charge in [0, 0.05) is 5.56 Å². The summed E-state index contributed by atoms with van der Waals surface area (Å²) < 4.78 is 52.7. The number of halogens is 3. The van der Waals surface area contributed by atoms with Crippen molar-refractivity contribution < 1.29 is 36.9 Å². The second-order valence-corrected chi connectivity index (χ2v) is 6.14. The highest BCUT2D eigenvalue weighted by Crippen LogP contribution is 2.40. The molecule has 0 saturated heterocycles. The number of carbonyl (C=O) groups excluding carboxylic acids is 1. The third-order valence-electron chi connectivity index (χ3n) is 3.94. The van der Waals surface area contributed by atoms with Crippen LogP contribution in [-0.2, 0) is 11.3 Å². The van der Waals surface area contributed by atoms with Crippen molar-refractivity contribution in [1.29, 1.82) is 0 Å². The van der Waals surface area contributed by atoms with E-state index in [-0.39, 0.29) is 22.4 Å². The van der Waals surface area contributed by atoms with E-state index < -0.39 is 24.2 Å². The number of hydrogen-bond acceptors (Lipinski definition) is 8. The van der Waals surface area contributed by atoms with E-state index in [0.717, 1.165) is 0 Å². The summed E-state index contributed by atoms with van der Waals surface area (Å²) in [5, 5.41) is 7.39. The summed E-state index contributed by atoms with van der Waals surface area (Å²) in [5.41, 5.74) is 0.137.